The van der Waals surface area contributed by atoms with Crippen molar-refractivity contribution < 1.29 is 4.39 Å². The van der Waals surface area contributed by atoms with Crippen LogP contribution in [-0.4, -0.2) is 12.0 Å². The van der Waals surface area contributed by atoms with Crippen LogP contribution in [0.2, 0.25) is 0 Å². The molecule has 0 saturated carbocycles. The summed E-state index contributed by atoms with van der Waals surface area (Å²) in [5.74, 6) is -0.215. The van der Waals surface area contributed by atoms with Crippen molar-refractivity contribution in [1.29, 1.82) is 0 Å². The summed E-state index contributed by atoms with van der Waals surface area (Å²) in [6.45, 7) is 0. The molecule has 2 aromatic rings. The van der Waals surface area contributed by atoms with E-state index >= 15 is 0 Å². The van der Waals surface area contributed by atoms with E-state index in [1.165, 1.54) is 10.9 Å². The summed E-state index contributed by atoms with van der Waals surface area (Å²) in [6.07, 6.45) is 2.66. The molecule has 0 radical (unpaired) electrons. The van der Waals surface area contributed by atoms with Gasteiger partial charge in [-0.15, -0.1) is 11.3 Å². The number of hydrogen-bond donors (Lipinski definition) is 1. The third kappa shape index (κ3) is 3.12. The van der Waals surface area contributed by atoms with Gasteiger partial charge in [0.25, 0.3) is 0 Å². The minimum absolute atomic E-state index is 0.0838. The third-order valence-electron chi connectivity index (χ3n) is 2.57. The molecule has 1 aromatic heterocycles. The quantitative estimate of drug-likeness (QED) is 0.933. The van der Waals surface area contributed by atoms with E-state index in [1.54, 1.807) is 23.5 Å². The van der Waals surface area contributed by atoms with Crippen molar-refractivity contribution in [3.63, 3.8) is 0 Å². The third-order valence-corrected chi connectivity index (χ3v) is 4.09. The molecule has 0 aliphatic heterocycles. The highest BCUT2D eigenvalue weighted by Crippen LogP contribution is 2.27. The Bertz CT molecular complexity index is 487. The first kappa shape index (κ1) is 12.7. The topological polar surface area (TPSA) is 24.9 Å². The maximum Gasteiger partial charge on any atom is 0.123 e. The molecule has 17 heavy (non-hydrogen) atoms. The molecule has 5 heteroatoms. The molecular weight excluding hydrogens is 303 g/mol. The molecule has 1 aromatic carbocycles. The summed E-state index contributed by atoms with van der Waals surface area (Å²) in [5, 5.41) is 3.21. The molecule has 0 bridgehead atoms. The maximum absolute atomic E-state index is 13.3. The van der Waals surface area contributed by atoms with Crippen LogP contribution in [0, 0.1) is 5.82 Å². The van der Waals surface area contributed by atoms with E-state index in [1.807, 2.05) is 18.8 Å². The summed E-state index contributed by atoms with van der Waals surface area (Å²) in [5.41, 5.74) is 2.74. The maximum atomic E-state index is 13.3. The number of likely N-dealkylation sites (N-methyl/N-ethyl adjacent to an activating group) is 1. The SMILES string of the molecule is CNC(Cc1cncs1)c1cc(F)ccc1Br. The zero-order valence-electron chi connectivity index (χ0n) is 9.28. The van der Waals surface area contributed by atoms with Gasteiger partial charge in [-0.1, -0.05) is 15.9 Å². The molecule has 90 valence electrons. The van der Waals surface area contributed by atoms with Crippen molar-refractivity contribution in [3.8, 4) is 0 Å². The van der Waals surface area contributed by atoms with Gasteiger partial charge in [0, 0.05) is 28.0 Å². The molecule has 1 atom stereocenters. The molecular formula is C12H12BrFN2S. The van der Waals surface area contributed by atoms with Gasteiger partial charge in [-0.05, 0) is 30.8 Å². The molecule has 2 rings (SSSR count). The van der Waals surface area contributed by atoms with Crippen LogP contribution in [-0.2, 0) is 6.42 Å². The first-order valence-electron chi connectivity index (χ1n) is 5.20. The Kier molecular flexibility index (Phi) is 4.25. The number of aromatic nitrogens is 1. The van der Waals surface area contributed by atoms with Crippen molar-refractivity contribution in [2.45, 2.75) is 12.5 Å². The first-order valence-corrected chi connectivity index (χ1v) is 6.87. The van der Waals surface area contributed by atoms with Crippen molar-refractivity contribution in [2.24, 2.45) is 0 Å². The molecule has 1 N–H and O–H groups in total. The summed E-state index contributed by atoms with van der Waals surface area (Å²) in [7, 11) is 1.88. The summed E-state index contributed by atoms with van der Waals surface area (Å²) >= 11 is 5.07. The molecule has 0 spiro atoms. The van der Waals surface area contributed by atoms with E-state index in [9.17, 15) is 4.39 Å². The van der Waals surface area contributed by atoms with E-state index in [0.717, 1.165) is 16.5 Å². The van der Waals surface area contributed by atoms with Crippen LogP contribution < -0.4 is 5.32 Å². The zero-order chi connectivity index (χ0) is 12.3. The second-order valence-electron chi connectivity index (χ2n) is 3.68. The Morgan fingerprint density at radius 3 is 3.00 bits per heavy atom. The fourth-order valence-corrected chi connectivity index (χ4v) is 2.86. The number of rotatable bonds is 4. The van der Waals surface area contributed by atoms with Crippen molar-refractivity contribution in [2.75, 3.05) is 7.05 Å². The van der Waals surface area contributed by atoms with E-state index in [2.05, 4.69) is 26.2 Å². The van der Waals surface area contributed by atoms with Crippen LogP contribution in [0.25, 0.3) is 0 Å². The molecule has 0 aliphatic carbocycles. The predicted molar refractivity (Wildman–Crippen MR) is 71.7 cm³/mol. The lowest BCUT2D eigenvalue weighted by molar-refractivity contribution is 0.578. The molecule has 1 unspecified atom stereocenters. The Morgan fingerprint density at radius 2 is 2.35 bits per heavy atom. The number of thiazole rings is 1. The highest BCUT2D eigenvalue weighted by molar-refractivity contribution is 9.10. The highest BCUT2D eigenvalue weighted by Gasteiger charge is 2.14. The van der Waals surface area contributed by atoms with Crippen LogP contribution in [0.1, 0.15) is 16.5 Å². The second-order valence-corrected chi connectivity index (χ2v) is 5.50. The van der Waals surface area contributed by atoms with Crippen LogP contribution in [0.5, 0.6) is 0 Å². The fourth-order valence-electron chi connectivity index (χ4n) is 1.69. The Morgan fingerprint density at radius 1 is 1.53 bits per heavy atom. The van der Waals surface area contributed by atoms with E-state index < -0.39 is 0 Å². The van der Waals surface area contributed by atoms with E-state index in [-0.39, 0.29) is 11.9 Å². The van der Waals surface area contributed by atoms with Gasteiger partial charge < -0.3 is 5.32 Å². The molecule has 0 aliphatic rings. The van der Waals surface area contributed by atoms with Crippen LogP contribution in [0.15, 0.2) is 34.4 Å². The van der Waals surface area contributed by atoms with E-state index in [0.29, 0.717) is 0 Å². The zero-order valence-corrected chi connectivity index (χ0v) is 11.7. The van der Waals surface area contributed by atoms with Crippen molar-refractivity contribution >= 4 is 27.3 Å². The Balaban J connectivity index is 2.25. The Hall–Kier alpha value is -0.780. The van der Waals surface area contributed by atoms with Gasteiger partial charge in [-0.25, -0.2) is 4.39 Å². The minimum Gasteiger partial charge on any atom is -0.313 e. The number of nitrogens with zero attached hydrogens (tertiary/aromatic N) is 1. The number of benzene rings is 1. The number of hydrogen-bond acceptors (Lipinski definition) is 3. The highest BCUT2D eigenvalue weighted by atomic mass is 79.9. The average molecular weight is 315 g/mol. The van der Waals surface area contributed by atoms with Crippen molar-refractivity contribution in [3.05, 3.63) is 50.6 Å². The van der Waals surface area contributed by atoms with Gasteiger partial charge in [0.2, 0.25) is 0 Å². The van der Waals surface area contributed by atoms with Gasteiger partial charge in [-0.3, -0.25) is 4.98 Å². The average Bonchev–Trinajstić information content (AvgIpc) is 2.82. The monoisotopic (exact) mass is 314 g/mol. The normalized spacial score (nSPS) is 12.6. The van der Waals surface area contributed by atoms with Gasteiger partial charge in [0.15, 0.2) is 0 Å². The smallest absolute Gasteiger partial charge is 0.123 e. The summed E-state index contributed by atoms with van der Waals surface area (Å²) < 4.78 is 14.2. The first-order chi connectivity index (χ1) is 8.20. The number of nitrogens with one attached hydrogen (secondary N) is 1. The van der Waals surface area contributed by atoms with Crippen LogP contribution in [0.4, 0.5) is 4.39 Å². The minimum atomic E-state index is -0.215. The predicted octanol–water partition coefficient (Wildman–Crippen LogP) is 3.55. The summed E-state index contributed by atoms with van der Waals surface area (Å²) in [4.78, 5) is 5.23. The fraction of sp³-hybridized carbons (Fsp3) is 0.250. The van der Waals surface area contributed by atoms with Crippen LogP contribution in [0.3, 0.4) is 0 Å². The molecule has 2 nitrogen and oxygen atoms in total. The van der Waals surface area contributed by atoms with Gasteiger partial charge in [0.1, 0.15) is 5.82 Å². The van der Waals surface area contributed by atoms with Crippen LogP contribution >= 0.6 is 27.3 Å². The van der Waals surface area contributed by atoms with Crippen molar-refractivity contribution in [1.82, 2.24) is 10.3 Å². The molecule has 0 saturated heterocycles. The molecule has 1 heterocycles. The lowest BCUT2D eigenvalue weighted by Crippen LogP contribution is -2.19. The lowest BCUT2D eigenvalue weighted by Gasteiger charge is -2.17. The van der Waals surface area contributed by atoms with Gasteiger partial charge in [0.05, 0.1) is 5.51 Å². The lowest BCUT2D eigenvalue weighted by atomic mass is 10.0. The molecule has 0 fully saturated rings. The van der Waals surface area contributed by atoms with Gasteiger partial charge >= 0.3 is 0 Å². The largest absolute Gasteiger partial charge is 0.313 e. The second kappa shape index (κ2) is 5.71. The van der Waals surface area contributed by atoms with Gasteiger partial charge in [-0.2, -0.15) is 0 Å². The standard InChI is InChI=1S/C12H12BrFN2S/c1-15-12(5-9-6-16-7-17-9)10-4-8(14)2-3-11(10)13/h2-4,6-7,12,15H,5H2,1H3. The van der Waals surface area contributed by atoms with E-state index in [4.69, 9.17) is 0 Å². The molecule has 0 amide bonds. The summed E-state index contributed by atoms with van der Waals surface area (Å²) in [6, 6.07) is 4.83. The Labute approximate surface area is 112 Å². The number of halogens is 2.